The molecular weight excluding hydrogens is 312 g/mol. The van der Waals surface area contributed by atoms with Crippen LogP contribution in [0.4, 0.5) is 0 Å². The van der Waals surface area contributed by atoms with Crippen LogP contribution in [0.3, 0.4) is 0 Å². The number of hydrogen-bond donors (Lipinski definition) is 2. The molecule has 5 aromatic rings. The Labute approximate surface area is 133 Å². The quantitative estimate of drug-likeness (QED) is 0.486. The fourth-order valence-electron chi connectivity index (χ4n) is 2.59. The Kier molecular flexibility index (Phi) is 2.50. The summed E-state index contributed by atoms with van der Waals surface area (Å²) in [6.45, 7) is 0. The van der Waals surface area contributed by atoms with Crippen molar-refractivity contribution < 1.29 is 0 Å². The number of thiophene rings is 2. The zero-order valence-corrected chi connectivity index (χ0v) is 13.0. The average molecular weight is 322 g/mol. The molecule has 0 radical (unpaired) electrons. The van der Waals surface area contributed by atoms with E-state index in [2.05, 4.69) is 50.3 Å². The number of rotatable bonds is 2. The van der Waals surface area contributed by atoms with E-state index in [0.717, 1.165) is 16.7 Å². The molecule has 0 saturated heterocycles. The van der Waals surface area contributed by atoms with Crippen LogP contribution in [0.15, 0.2) is 49.2 Å². The van der Waals surface area contributed by atoms with Gasteiger partial charge in [-0.25, -0.2) is 9.97 Å². The summed E-state index contributed by atoms with van der Waals surface area (Å²) in [5, 5.41) is 0. The Bertz CT molecular complexity index is 1050. The predicted octanol–water partition coefficient (Wildman–Crippen LogP) is 4.90. The molecule has 0 fully saturated rings. The molecule has 0 unspecified atom stereocenters. The Morgan fingerprint density at radius 3 is 2.59 bits per heavy atom. The zero-order chi connectivity index (χ0) is 14.5. The third-order valence-electron chi connectivity index (χ3n) is 3.68. The number of nitrogens with one attached hydrogen (secondary N) is 2. The summed E-state index contributed by atoms with van der Waals surface area (Å²) < 4.78 is 2.63. The first-order valence-electron chi connectivity index (χ1n) is 6.82. The van der Waals surface area contributed by atoms with Gasteiger partial charge in [-0.2, -0.15) is 0 Å². The number of imidazole rings is 2. The summed E-state index contributed by atoms with van der Waals surface area (Å²) in [7, 11) is 0. The molecule has 0 saturated carbocycles. The van der Waals surface area contributed by atoms with E-state index in [-0.39, 0.29) is 0 Å². The summed E-state index contributed by atoms with van der Waals surface area (Å²) in [6.07, 6.45) is 5.31. The van der Waals surface area contributed by atoms with Crippen molar-refractivity contribution in [3.8, 4) is 21.0 Å². The first kappa shape index (κ1) is 12.1. The largest absolute Gasteiger partial charge is 0.345 e. The van der Waals surface area contributed by atoms with Crippen molar-refractivity contribution in [2.24, 2.45) is 0 Å². The fourth-order valence-corrected chi connectivity index (χ4v) is 4.96. The number of aromatic nitrogens is 4. The van der Waals surface area contributed by atoms with Gasteiger partial charge >= 0.3 is 0 Å². The molecule has 4 heterocycles. The number of aromatic amines is 2. The molecule has 0 spiro atoms. The van der Waals surface area contributed by atoms with Crippen LogP contribution in [0.5, 0.6) is 0 Å². The maximum atomic E-state index is 4.27. The molecule has 0 aliphatic heterocycles. The van der Waals surface area contributed by atoms with E-state index in [1.165, 1.54) is 24.7 Å². The van der Waals surface area contributed by atoms with Crippen molar-refractivity contribution in [1.82, 2.24) is 19.9 Å². The molecule has 0 bridgehead atoms. The molecule has 2 N–H and O–H groups in total. The van der Waals surface area contributed by atoms with E-state index in [1.54, 1.807) is 24.0 Å². The van der Waals surface area contributed by atoms with Crippen molar-refractivity contribution in [3.05, 3.63) is 49.2 Å². The van der Waals surface area contributed by atoms with Crippen LogP contribution in [-0.4, -0.2) is 19.9 Å². The van der Waals surface area contributed by atoms with Gasteiger partial charge in [0.05, 0.1) is 40.5 Å². The number of fused-ring (bicyclic) bond motifs is 2. The van der Waals surface area contributed by atoms with Crippen molar-refractivity contribution in [3.63, 3.8) is 0 Å². The summed E-state index contributed by atoms with van der Waals surface area (Å²) in [4.78, 5) is 17.2. The average Bonchev–Trinajstić information content (AvgIpc) is 3.28. The van der Waals surface area contributed by atoms with E-state index in [4.69, 9.17) is 0 Å². The maximum absolute atomic E-state index is 4.27. The summed E-state index contributed by atoms with van der Waals surface area (Å²) >= 11 is 3.62. The van der Waals surface area contributed by atoms with E-state index in [9.17, 15) is 0 Å². The van der Waals surface area contributed by atoms with Gasteiger partial charge in [-0.1, -0.05) is 6.07 Å². The molecule has 4 aromatic heterocycles. The van der Waals surface area contributed by atoms with Crippen molar-refractivity contribution >= 4 is 43.1 Å². The molecular formula is C16H10N4S2. The second kappa shape index (κ2) is 4.53. The number of hydrogen-bond acceptors (Lipinski definition) is 4. The topological polar surface area (TPSA) is 57.4 Å². The predicted molar refractivity (Wildman–Crippen MR) is 92.4 cm³/mol. The maximum Gasteiger partial charge on any atom is 0.0931 e. The van der Waals surface area contributed by atoms with Gasteiger partial charge in [-0.3, -0.25) is 0 Å². The fraction of sp³-hybridized carbons (Fsp3) is 0. The highest BCUT2D eigenvalue weighted by Crippen LogP contribution is 2.41. The zero-order valence-electron chi connectivity index (χ0n) is 11.3. The molecule has 1 aromatic carbocycles. The first-order chi connectivity index (χ1) is 10.9. The molecule has 6 heteroatoms. The second-order valence-electron chi connectivity index (χ2n) is 5.05. The van der Waals surface area contributed by atoms with Gasteiger partial charge < -0.3 is 9.97 Å². The van der Waals surface area contributed by atoms with Crippen LogP contribution in [0.25, 0.3) is 41.4 Å². The summed E-state index contributed by atoms with van der Waals surface area (Å²) in [5.74, 6) is 0. The van der Waals surface area contributed by atoms with Gasteiger partial charge in [-0.15, -0.1) is 22.7 Å². The Morgan fingerprint density at radius 1 is 0.864 bits per heavy atom. The molecule has 0 aliphatic rings. The highest BCUT2D eigenvalue weighted by Gasteiger charge is 2.11. The SMILES string of the molecule is c1ncc(-c2cc3sc(-c4ccc5nc[nH]c5c4)cc3s2)[nH]1. The van der Waals surface area contributed by atoms with Crippen molar-refractivity contribution in [1.29, 1.82) is 0 Å². The minimum Gasteiger partial charge on any atom is -0.345 e. The van der Waals surface area contributed by atoms with Gasteiger partial charge in [0.25, 0.3) is 0 Å². The molecule has 0 aliphatic carbocycles. The standard InChI is InChI=1S/C16H10N4S2/c1-2-10-11(20-8-19-10)3-9(1)13-4-15-16(21-13)5-14(22-15)12-6-17-7-18-12/h1-8H,(H,17,18)(H,19,20). The monoisotopic (exact) mass is 322 g/mol. The number of benzene rings is 1. The van der Waals surface area contributed by atoms with Gasteiger partial charge in [-0.05, 0) is 29.8 Å². The lowest BCUT2D eigenvalue weighted by atomic mass is 10.1. The van der Waals surface area contributed by atoms with Gasteiger partial charge in [0.1, 0.15) is 0 Å². The van der Waals surface area contributed by atoms with Gasteiger partial charge in [0, 0.05) is 14.3 Å². The van der Waals surface area contributed by atoms with Crippen LogP contribution in [0, 0.1) is 0 Å². The molecule has 22 heavy (non-hydrogen) atoms. The smallest absolute Gasteiger partial charge is 0.0931 e. The lowest BCUT2D eigenvalue weighted by Crippen LogP contribution is -1.73. The highest BCUT2D eigenvalue weighted by atomic mass is 32.1. The highest BCUT2D eigenvalue weighted by molar-refractivity contribution is 7.31. The lowest BCUT2D eigenvalue weighted by Gasteiger charge is -1.97. The molecule has 4 nitrogen and oxygen atoms in total. The van der Waals surface area contributed by atoms with Crippen molar-refractivity contribution in [2.75, 3.05) is 0 Å². The summed E-state index contributed by atoms with van der Waals surface area (Å²) in [6, 6.07) is 10.9. The molecule has 0 atom stereocenters. The van der Waals surface area contributed by atoms with E-state index in [1.807, 2.05) is 17.5 Å². The lowest BCUT2D eigenvalue weighted by molar-refractivity contribution is 1.32. The summed E-state index contributed by atoms with van der Waals surface area (Å²) in [5.41, 5.74) is 4.39. The molecule has 0 amide bonds. The Morgan fingerprint density at radius 2 is 1.73 bits per heavy atom. The number of H-pyrrole nitrogens is 2. The Hall–Kier alpha value is -2.44. The second-order valence-corrected chi connectivity index (χ2v) is 7.22. The first-order valence-corrected chi connectivity index (χ1v) is 8.46. The van der Waals surface area contributed by atoms with Crippen LogP contribution in [-0.2, 0) is 0 Å². The van der Waals surface area contributed by atoms with Gasteiger partial charge in [0.15, 0.2) is 0 Å². The normalized spacial score (nSPS) is 11.6. The number of nitrogens with zero attached hydrogens (tertiary/aromatic N) is 2. The third-order valence-corrected chi connectivity index (χ3v) is 6.05. The van der Waals surface area contributed by atoms with E-state index >= 15 is 0 Å². The van der Waals surface area contributed by atoms with E-state index < -0.39 is 0 Å². The van der Waals surface area contributed by atoms with Crippen LogP contribution in [0.2, 0.25) is 0 Å². The van der Waals surface area contributed by atoms with Crippen LogP contribution < -0.4 is 0 Å². The third kappa shape index (κ3) is 1.81. The minimum absolute atomic E-state index is 1.00. The van der Waals surface area contributed by atoms with Crippen LogP contribution >= 0.6 is 22.7 Å². The van der Waals surface area contributed by atoms with E-state index in [0.29, 0.717) is 0 Å². The van der Waals surface area contributed by atoms with Crippen molar-refractivity contribution in [2.45, 2.75) is 0 Å². The van der Waals surface area contributed by atoms with Crippen LogP contribution in [0.1, 0.15) is 0 Å². The Balaban J connectivity index is 1.61. The molecule has 5 rings (SSSR count). The molecule has 106 valence electrons. The minimum atomic E-state index is 1.00. The van der Waals surface area contributed by atoms with Gasteiger partial charge in [0.2, 0.25) is 0 Å².